The summed E-state index contributed by atoms with van der Waals surface area (Å²) < 4.78 is 14.3. The first-order valence-electron chi connectivity index (χ1n) is 37.5. The summed E-state index contributed by atoms with van der Waals surface area (Å²) in [6, 6.07) is 139. The van der Waals surface area contributed by atoms with Crippen LogP contribution in [-0.4, -0.2) is 19.9 Å². The molecule has 6 heteroatoms. The highest BCUT2D eigenvalue weighted by molar-refractivity contribution is 5.94. The molecule has 6 nitrogen and oxygen atoms in total. The van der Waals surface area contributed by atoms with E-state index in [1.54, 1.807) is 0 Å². The Kier molecular flexibility index (Phi) is 14.3. The molecule has 2 aromatic heterocycles. The Morgan fingerprint density at radius 2 is 0.509 bits per heavy atom. The van der Waals surface area contributed by atoms with Crippen LogP contribution in [0.5, 0.6) is 23.0 Å². The summed E-state index contributed by atoms with van der Waals surface area (Å²) in [4.78, 5) is 21.7. The molecular formula is C104H64N4O2. The van der Waals surface area contributed by atoms with Gasteiger partial charge in [0.2, 0.25) is 0 Å². The van der Waals surface area contributed by atoms with Crippen molar-refractivity contribution in [2.45, 2.75) is 10.8 Å². The van der Waals surface area contributed by atoms with Crippen molar-refractivity contribution < 1.29 is 9.47 Å². The fourth-order valence-electron chi connectivity index (χ4n) is 18.1. The second kappa shape index (κ2) is 25.1. The highest BCUT2D eigenvalue weighted by Crippen LogP contribution is 2.65. The highest BCUT2D eigenvalue weighted by atomic mass is 16.5. The number of para-hydroxylation sites is 1. The number of rotatable bonds is 10. The molecule has 0 N–H and O–H groups in total. The highest BCUT2D eigenvalue weighted by Gasteiger charge is 2.53. The van der Waals surface area contributed by atoms with E-state index in [1.165, 1.54) is 49.9 Å². The zero-order chi connectivity index (χ0) is 72.4. The van der Waals surface area contributed by atoms with Gasteiger partial charge in [0.05, 0.1) is 33.6 Å². The zero-order valence-corrected chi connectivity index (χ0v) is 59.6. The van der Waals surface area contributed by atoms with Crippen LogP contribution >= 0.6 is 0 Å². The Morgan fingerprint density at radius 3 is 1.07 bits per heavy atom. The molecule has 2 spiro atoms. The molecule has 4 aliphatic rings. The van der Waals surface area contributed by atoms with Gasteiger partial charge >= 0.3 is 0 Å². The molecule has 110 heavy (non-hydrogen) atoms. The van der Waals surface area contributed by atoms with Crippen LogP contribution in [-0.2, 0) is 10.8 Å². The number of benzene rings is 16. The molecule has 0 atom stereocenters. The normalized spacial score (nSPS) is 13.2. The van der Waals surface area contributed by atoms with Crippen molar-refractivity contribution in [3.05, 3.63) is 433 Å². The lowest BCUT2D eigenvalue weighted by molar-refractivity contribution is 0.436. The van der Waals surface area contributed by atoms with Gasteiger partial charge in [-0.3, -0.25) is 0 Å². The summed E-state index contributed by atoms with van der Waals surface area (Å²) in [5.41, 5.74) is 30.5. The second-order valence-electron chi connectivity index (χ2n) is 29.0. The lowest BCUT2D eigenvalue weighted by Crippen LogP contribution is -2.32. The molecule has 0 saturated carbocycles. The van der Waals surface area contributed by atoms with Gasteiger partial charge in [0.15, 0.2) is 11.6 Å². The SMILES string of the molecule is c1ccc(-c2cc(-c3ccc4ccccc4c3)nc(-c3cccc(-c4ccc5c(c4)Oc4ccc(-c6cccc(-c7cc(-c8ccccc8-c8ccccc8)nc(-c8cccc(-c9ccc%10c(c9)Oc9ccccc9C%109c%10ccccc%10-c%10ccccc%109)c8)n7)c6)cc4C54c5ccccc5-c5ccccc54)c3)n2)cc1. The van der Waals surface area contributed by atoms with Crippen LogP contribution in [0.25, 0.3) is 145 Å². The summed E-state index contributed by atoms with van der Waals surface area (Å²) >= 11 is 0. The Morgan fingerprint density at radius 1 is 0.164 bits per heavy atom. The molecule has 0 unspecified atom stereocenters. The second-order valence-corrected chi connectivity index (χ2v) is 29.0. The van der Waals surface area contributed by atoms with Crippen molar-refractivity contribution in [1.82, 2.24) is 19.9 Å². The summed E-state index contributed by atoms with van der Waals surface area (Å²) in [6.07, 6.45) is 0. The van der Waals surface area contributed by atoms with Gasteiger partial charge in [-0.2, -0.15) is 0 Å². The van der Waals surface area contributed by atoms with E-state index in [-0.39, 0.29) is 0 Å². The van der Waals surface area contributed by atoms with Gasteiger partial charge < -0.3 is 9.47 Å². The molecule has 18 aromatic rings. The average molecular weight is 1400 g/mol. The number of fused-ring (bicyclic) bond motifs is 19. The average Bonchev–Trinajstić information content (AvgIpc) is 1.50. The molecule has 512 valence electrons. The van der Waals surface area contributed by atoms with Crippen molar-refractivity contribution in [2.24, 2.45) is 0 Å². The van der Waals surface area contributed by atoms with E-state index in [0.29, 0.717) is 11.6 Å². The third-order valence-corrected chi connectivity index (χ3v) is 23.0. The maximum atomic E-state index is 7.34. The minimum atomic E-state index is -0.736. The Hall–Kier alpha value is -14.5. The predicted octanol–water partition coefficient (Wildman–Crippen LogP) is 26.0. The topological polar surface area (TPSA) is 70.0 Å². The van der Waals surface area contributed by atoms with Crippen LogP contribution < -0.4 is 9.47 Å². The van der Waals surface area contributed by atoms with Crippen LogP contribution in [0, 0.1) is 0 Å². The fraction of sp³-hybridized carbons (Fsp3) is 0.0192. The van der Waals surface area contributed by atoms with Gasteiger partial charge in [0.1, 0.15) is 23.0 Å². The van der Waals surface area contributed by atoms with Crippen LogP contribution in [0.2, 0.25) is 0 Å². The number of aromatic nitrogens is 4. The molecule has 2 aliphatic carbocycles. The third kappa shape index (κ3) is 9.89. The summed E-state index contributed by atoms with van der Waals surface area (Å²) in [5, 5.41) is 2.35. The van der Waals surface area contributed by atoms with Crippen molar-refractivity contribution in [3.8, 4) is 158 Å². The smallest absolute Gasteiger partial charge is 0.160 e. The summed E-state index contributed by atoms with van der Waals surface area (Å²) in [7, 11) is 0. The van der Waals surface area contributed by atoms with Gasteiger partial charge in [-0.05, 0) is 167 Å². The summed E-state index contributed by atoms with van der Waals surface area (Å²) in [6.45, 7) is 0. The Labute approximate surface area is 637 Å². The first kappa shape index (κ1) is 62.9. The van der Waals surface area contributed by atoms with E-state index in [2.05, 4.69) is 382 Å². The quantitative estimate of drug-likeness (QED) is 0.136. The Balaban J connectivity index is 0.647. The number of hydrogen-bond acceptors (Lipinski definition) is 6. The molecular weight excluding hydrogens is 1340 g/mol. The maximum Gasteiger partial charge on any atom is 0.160 e. The van der Waals surface area contributed by atoms with E-state index >= 15 is 0 Å². The van der Waals surface area contributed by atoms with Crippen molar-refractivity contribution >= 4 is 10.8 Å². The minimum absolute atomic E-state index is 0.559. The van der Waals surface area contributed by atoms with E-state index < -0.39 is 10.8 Å². The number of nitrogens with zero attached hydrogens (tertiary/aromatic N) is 4. The van der Waals surface area contributed by atoms with E-state index in [9.17, 15) is 0 Å². The molecule has 0 bridgehead atoms. The van der Waals surface area contributed by atoms with Crippen LogP contribution in [0.1, 0.15) is 44.5 Å². The molecule has 0 fully saturated rings. The van der Waals surface area contributed by atoms with Crippen LogP contribution in [0.3, 0.4) is 0 Å². The summed E-state index contributed by atoms with van der Waals surface area (Å²) in [5.74, 6) is 4.56. The van der Waals surface area contributed by atoms with Crippen molar-refractivity contribution in [3.63, 3.8) is 0 Å². The van der Waals surface area contributed by atoms with E-state index in [4.69, 9.17) is 29.4 Å². The standard InChI is InChI=1S/C104H64N4O2/c1-3-25-66(26-4-1)79-36-9-10-41-84(79)96-64-95(107-102(108-96)78-35-23-32-71(59-78)73-50-53-90-99(61-73)109-97-47-20-19-46-89(97)103(90)85-42-15-11-37-80(85)81-38-12-16-43-86(81)103)75-33-21-30-69(57-75)72-52-55-98-92(60-72)104(87-44-17-13-39-82(87)83-40-14-18-45-88(83)104)91-54-51-74(62-100(91)110-98)70-31-22-34-77(58-70)101-105-93(67-27-5-2-6-28-67)63-94(106-101)76-49-48-65-24-7-8-29-68(65)56-76/h1-64H. The van der Waals surface area contributed by atoms with Gasteiger partial charge in [0, 0.05) is 55.6 Å². The molecule has 2 aliphatic heterocycles. The van der Waals surface area contributed by atoms with Crippen molar-refractivity contribution in [1.29, 1.82) is 0 Å². The van der Waals surface area contributed by atoms with Gasteiger partial charge in [-0.15, -0.1) is 0 Å². The molecule has 4 heterocycles. The van der Waals surface area contributed by atoms with Crippen LogP contribution in [0.15, 0.2) is 388 Å². The fourth-order valence-corrected chi connectivity index (χ4v) is 18.1. The van der Waals surface area contributed by atoms with Gasteiger partial charge in [-0.25, -0.2) is 19.9 Å². The molecule has 0 amide bonds. The number of ether oxygens (including phenoxy) is 2. The first-order chi connectivity index (χ1) is 54.5. The Bertz CT molecular complexity index is 6730. The molecule has 16 aromatic carbocycles. The van der Waals surface area contributed by atoms with Gasteiger partial charge in [-0.1, -0.05) is 322 Å². The predicted molar refractivity (Wildman–Crippen MR) is 444 cm³/mol. The van der Waals surface area contributed by atoms with Gasteiger partial charge in [0.25, 0.3) is 0 Å². The molecule has 22 rings (SSSR count). The monoisotopic (exact) mass is 1400 g/mol. The van der Waals surface area contributed by atoms with E-state index in [1.807, 2.05) is 6.07 Å². The van der Waals surface area contributed by atoms with Crippen molar-refractivity contribution in [2.75, 3.05) is 0 Å². The van der Waals surface area contributed by atoms with E-state index in [0.717, 1.165) is 151 Å². The zero-order valence-electron chi connectivity index (χ0n) is 59.6. The largest absolute Gasteiger partial charge is 0.457 e. The third-order valence-electron chi connectivity index (χ3n) is 23.0. The molecule has 0 saturated heterocycles. The minimum Gasteiger partial charge on any atom is -0.457 e. The maximum absolute atomic E-state index is 7.34. The first-order valence-corrected chi connectivity index (χ1v) is 37.5. The lowest BCUT2D eigenvalue weighted by atomic mass is 9.65. The lowest BCUT2D eigenvalue weighted by Gasteiger charge is -2.40. The van der Waals surface area contributed by atoms with Crippen LogP contribution in [0.4, 0.5) is 0 Å². The number of hydrogen-bond donors (Lipinski definition) is 0. The molecule has 0 radical (unpaired) electrons.